The van der Waals surface area contributed by atoms with E-state index in [1.54, 1.807) is 0 Å². The highest BCUT2D eigenvalue weighted by Gasteiger charge is 2.30. The highest BCUT2D eigenvalue weighted by molar-refractivity contribution is 7.88. The lowest BCUT2D eigenvalue weighted by molar-refractivity contribution is -0.137. The minimum atomic E-state index is -4.47. The zero-order valence-corrected chi connectivity index (χ0v) is 17.1. The SMILES string of the molecule is COc1nc(CNS(=O)(=O)Cc2ccc(C(F)(F)F)cc2)nc(N2CCCCC2)n1. The third-order valence-electron chi connectivity index (χ3n) is 4.56. The molecule has 0 atom stereocenters. The molecule has 0 spiro atoms. The zero-order valence-electron chi connectivity index (χ0n) is 16.3. The van der Waals surface area contributed by atoms with Crippen LogP contribution in [-0.4, -0.2) is 43.6 Å². The Kier molecular flexibility index (Phi) is 6.76. The molecular weight excluding hydrogens is 423 g/mol. The number of rotatable bonds is 7. The second kappa shape index (κ2) is 9.13. The zero-order chi connectivity index (χ0) is 21.8. The normalized spacial score (nSPS) is 15.3. The lowest BCUT2D eigenvalue weighted by Crippen LogP contribution is -2.32. The van der Waals surface area contributed by atoms with Gasteiger partial charge in [0.05, 0.1) is 25.0 Å². The van der Waals surface area contributed by atoms with Crippen molar-refractivity contribution in [2.45, 2.75) is 37.7 Å². The number of methoxy groups -OCH3 is 1. The van der Waals surface area contributed by atoms with Gasteiger partial charge < -0.3 is 9.64 Å². The van der Waals surface area contributed by atoms with Gasteiger partial charge in [-0.2, -0.15) is 28.1 Å². The Balaban J connectivity index is 1.67. The molecule has 1 N–H and O–H groups in total. The van der Waals surface area contributed by atoms with E-state index in [1.165, 1.54) is 7.11 Å². The summed E-state index contributed by atoms with van der Waals surface area (Å²) in [4.78, 5) is 14.6. The molecule has 8 nitrogen and oxygen atoms in total. The molecule has 164 valence electrons. The van der Waals surface area contributed by atoms with E-state index in [-0.39, 0.29) is 23.9 Å². The minimum Gasteiger partial charge on any atom is -0.467 e. The Labute approximate surface area is 172 Å². The molecule has 1 aliphatic heterocycles. The predicted molar refractivity (Wildman–Crippen MR) is 103 cm³/mol. The van der Waals surface area contributed by atoms with Gasteiger partial charge in [-0.15, -0.1) is 0 Å². The molecule has 0 bridgehead atoms. The molecule has 0 radical (unpaired) electrons. The predicted octanol–water partition coefficient (Wildman–Crippen LogP) is 2.51. The van der Waals surface area contributed by atoms with Gasteiger partial charge in [-0.25, -0.2) is 13.1 Å². The maximum absolute atomic E-state index is 12.6. The molecule has 12 heteroatoms. The fourth-order valence-electron chi connectivity index (χ4n) is 3.03. The number of sulfonamides is 1. The summed E-state index contributed by atoms with van der Waals surface area (Å²) < 4.78 is 70.1. The van der Waals surface area contributed by atoms with Gasteiger partial charge in [-0.3, -0.25) is 0 Å². The van der Waals surface area contributed by atoms with Crippen LogP contribution in [0.15, 0.2) is 24.3 Å². The van der Waals surface area contributed by atoms with Crippen LogP contribution in [0.5, 0.6) is 6.01 Å². The Morgan fingerprint density at radius 3 is 2.33 bits per heavy atom. The largest absolute Gasteiger partial charge is 0.467 e. The first-order valence-electron chi connectivity index (χ1n) is 9.34. The second-order valence-electron chi connectivity index (χ2n) is 6.86. The fraction of sp³-hybridized carbons (Fsp3) is 0.500. The Hall–Kier alpha value is -2.47. The Morgan fingerprint density at radius 1 is 1.07 bits per heavy atom. The van der Waals surface area contributed by atoms with Crippen LogP contribution in [0.3, 0.4) is 0 Å². The summed E-state index contributed by atoms with van der Waals surface area (Å²) in [5, 5.41) is 0. The number of piperidine rings is 1. The number of aromatic nitrogens is 3. The third kappa shape index (κ3) is 6.02. The number of hydrogen-bond acceptors (Lipinski definition) is 7. The van der Waals surface area contributed by atoms with Crippen molar-refractivity contribution in [3.8, 4) is 6.01 Å². The quantitative estimate of drug-likeness (QED) is 0.699. The number of anilines is 1. The van der Waals surface area contributed by atoms with Gasteiger partial charge in [0.15, 0.2) is 5.82 Å². The third-order valence-corrected chi connectivity index (χ3v) is 5.86. The van der Waals surface area contributed by atoms with Gasteiger partial charge in [0.2, 0.25) is 16.0 Å². The summed E-state index contributed by atoms with van der Waals surface area (Å²) >= 11 is 0. The lowest BCUT2D eigenvalue weighted by Gasteiger charge is -2.26. The van der Waals surface area contributed by atoms with Crippen LogP contribution in [0.4, 0.5) is 19.1 Å². The lowest BCUT2D eigenvalue weighted by atomic mass is 10.1. The maximum Gasteiger partial charge on any atom is 0.416 e. The average Bonchev–Trinajstić information content (AvgIpc) is 2.72. The molecule has 0 aliphatic carbocycles. The van der Waals surface area contributed by atoms with Crippen molar-refractivity contribution in [2.75, 3.05) is 25.1 Å². The maximum atomic E-state index is 12.6. The van der Waals surface area contributed by atoms with E-state index in [9.17, 15) is 21.6 Å². The first-order valence-corrected chi connectivity index (χ1v) is 11.0. The number of hydrogen-bond donors (Lipinski definition) is 1. The summed E-state index contributed by atoms with van der Waals surface area (Å²) in [5.74, 6) is 0.156. The summed E-state index contributed by atoms with van der Waals surface area (Å²) in [5.41, 5.74) is -0.600. The highest BCUT2D eigenvalue weighted by atomic mass is 32.2. The van der Waals surface area contributed by atoms with Gasteiger partial charge in [-0.05, 0) is 37.0 Å². The molecule has 1 fully saturated rings. The number of ether oxygens (including phenoxy) is 1. The van der Waals surface area contributed by atoms with Crippen LogP contribution < -0.4 is 14.4 Å². The van der Waals surface area contributed by atoms with E-state index in [4.69, 9.17) is 4.74 Å². The standard InChI is InChI=1S/C18H22F3N5O3S/c1-29-17-24-15(23-16(25-17)26-9-3-2-4-10-26)11-22-30(27,28)12-13-5-7-14(8-6-13)18(19,20)21/h5-8,22H,2-4,9-12H2,1H3. The minimum absolute atomic E-state index is 0.0857. The van der Waals surface area contributed by atoms with Gasteiger partial charge in [0, 0.05) is 13.1 Å². The number of nitrogens with one attached hydrogen (secondary N) is 1. The molecule has 1 aromatic heterocycles. The molecule has 30 heavy (non-hydrogen) atoms. The van der Waals surface area contributed by atoms with Crippen LogP contribution in [0, 0.1) is 0 Å². The van der Waals surface area contributed by atoms with E-state index < -0.39 is 27.5 Å². The molecule has 1 saturated heterocycles. The Bertz CT molecular complexity index is 962. The Morgan fingerprint density at radius 2 is 1.73 bits per heavy atom. The molecule has 0 unspecified atom stereocenters. The van der Waals surface area contributed by atoms with Crippen LogP contribution in [-0.2, 0) is 28.5 Å². The number of halogens is 3. The van der Waals surface area contributed by atoms with Crippen molar-refractivity contribution < 1.29 is 26.3 Å². The van der Waals surface area contributed by atoms with Crippen LogP contribution in [0.1, 0.15) is 36.2 Å². The van der Waals surface area contributed by atoms with E-state index in [0.29, 0.717) is 5.95 Å². The van der Waals surface area contributed by atoms with E-state index >= 15 is 0 Å². The second-order valence-corrected chi connectivity index (χ2v) is 8.67. The fourth-order valence-corrected chi connectivity index (χ4v) is 4.11. The molecule has 2 heterocycles. The van der Waals surface area contributed by atoms with Crippen molar-refractivity contribution in [3.63, 3.8) is 0 Å². The van der Waals surface area contributed by atoms with Crippen molar-refractivity contribution in [2.24, 2.45) is 0 Å². The van der Waals surface area contributed by atoms with Crippen LogP contribution in [0.25, 0.3) is 0 Å². The van der Waals surface area contributed by atoms with Crippen LogP contribution >= 0.6 is 0 Å². The summed E-state index contributed by atoms with van der Waals surface area (Å²) in [6, 6.07) is 4.08. The number of nitrogens with zero attached hydrogens (tertiary/aromatic N) is 4. The summed E-state index contributed by atoms with van der Waals surface area (Å²) in [6.45, 7) is 1.40. The smallest absolute Gasteiger partial charge is 0.416 e. The first-order chi connectivity index (χ1) is 14.2. The molecule has 1 aromatic carbocycles. The van der Waals surface area contributed by atoms with Crippen molar-refractivity contribution in [3.05, 3.63) is 41.2 Å². The van der Waals surface area contributed by atoms with E-state index in [1.807, 2.05) is 4.90 Å². The monoisotopic (exact) mass is 445 g/mol. The van der Waals surface area contributed by atoms with Gasteiger partial charge in [0.25, 0.3) is 0 Å². The van der Waals surface area contributed by atoms with Crippen LogP contribution in [0.2, 0.25) is 0 Å². The highest BCUT2D eigenvalue weighted by Crippen LogP contribution is 2.29. The molecule has 2 aromatic rings. The summed E-state index contributed by atoms with van der Waals surface area (Å²) in [7, 11) is -2.41. The molecule has 1 aliphatic rings. The van der Waals surface area contributed by atoms with Gasteiger partial charge in [-0.1, -0.05) is 12.1 Å². The molecular formula is C18H22F3N5O3S. The van der Waals surface area contributed by atoms with Crippen molar-refractivity contribution >= 4 is 16.0 Å². The van der Waals surface area contributed by atoms with E-state index in [0.717, 1.165) is 56.6 Å². The van der Waals surface area contributed by atoms with Gasteiger partial charge in [0.1, 0.15) is 0 Å². The number of alkyl halides is 3. The van der Waals surface area contributed by atoms with Crippen molar-refractivity contribution in [1.29, 1.82) is 0 Å². The topological polar surface area (TPSA) is 97.3 Å². The summed E-state index contributed by atoms with van der Waals surface area (Å²) in [6.07, 6.45) is -1.30. The first kappa shape index (κ1) is 22.2. The molecule has 0 amide bonds. The number of benzene rings is 1. The van der Waals surface area contributed by atoms with Gasteiger partial charge >= 0.3 is 12.2 Å². The van der Waals surface area contributed by atoms with E-state index in [2.05, 4.69) is 19.7 Å². The van der Waals surface area contributed by atoms with Crippen molar-refractivity contribution in [1.82, 2.24) is 19.7 Å². The molecule has 0 saturated carbocycles. The average molecular weight is 445 g/mol. The molecule has 3 rings (SSSR count).